The minimum atomic E-state index is -0.931. The summed E-state index contributed by atoms with van der Waals surface area (Å²) >= 11 is 5.91. The molecule has 1 nitrogen and oxygen atoms in total. The second kappa shape index (κ2) is 4.67. The van der Waals surface area contributed by atoms with Gasteiger partial charge in [0, 0.05) is 5.02 Å². The van der Waals surface area contributed by atoms with Crippen LogP contribution in [0.4, 0.5) is 8.78 Å². The molecule has 2 N–H and O–H groups in total. The third kappa shape index (κ3) is 2.37. The first-order chi connectivity index (χ1) is 8.41. The van der Waals surface area contributed by atoms with Crippen LogP contribution in [0.25, 0.3) is 0 Å². The average molecular weight is 268 g/mol. The highest BCUT2D eigenvalue weighted by molar-refractivity contribution is 6.30. The van der Waals surface area contributed by atoms with Gasteiger partial charge in [-0.05, 0) is 42.3 Å². The molecule has 18 heavy (non-hydrogen) atoms. The molecule has 2 aromatic rings. The average Bonchev–Trinajstić information content (AvgIpc) is 2.32. The number of hydrogen-bond acceptors (Lipinski definition) is 1. The first-order valence-electron chi connectivity index (χ1n) is 5.42. The van der Waals surface area contributed by atoms with Crippen molar-refractivity contribution in [3.05, 3.63) is 70.2 Å². The van der Waals surface area contributed by atoms with Gasteiger partial charge in [-0.25, -0.2) is 8.78 Å². The number of halogens is 3. The lowest BCUT2D eigenvalue weighted by Gasteiger charge is -2.26. The minimum Gasteiger partial charge on any atom is -0.318 e. The van der Waals surface area contributed by atoms with Crippen LogP contribution >= 0.6 is 11.6 Å². The standard InChI is InChI=1S/C14H12ClF2N/c1-14(18,9-3-2-4-11(15)7-9)10-5-6-12(16)13(17)8-10/h2-8H,18H2,1H3. The lowest BCUT2D eigenvalue weighted by atomic mass is 9.86. The summed E-state index contributed by atoms with van der Waals surface area (Å²) in [5.74, 6) is -1.80. The molecule has 94 valence electrons. The molecule has 0 bridgehead atoms. The zero-order valence-corrected chi connectivity index (χ0v) is 10.5. The first-order valence-corrected chi connectivity index (χ1v) is 5.79. The summed E-state index contributed by atoms with van der Waals surface area (Å²) in [6.07, 6.45) is 0. The molecule has 0 spiro atoms. The van der Waals surface area contributed by atoms with Crippen LogP contribution < -0.4 is 5.73 Å². The Bertz CT molecular complexity index is 582. The van der Waals surface area contributed by atoms with E-state index in [0.29, 0.717) is 10.6 Å². The molecule has 2 aromatic carbocycles. The highest BCUT2D eigenvalue weighted by Gasteiger charge is 2.25. The molecule has 0 radical (unpaired) electrons. The van der Waals surface area contributed by atoms with Crippen LogP contribution in [0.2, 0.25) is 5.02 Å². The molecular weight excluding hydrogens is 256 g/mol. The summed E-state index contributed by atoms with van der Waals surface area (Å²) in [5.41, 5.74) is 6.49. The second-order valence-corrected chi connectivity index (χ2v) is 4.78. The predicted molar refractivity (Wildman–Crippen MR) is 68.5 cm³/mol. The lowest BCUT2D eigenvalue weighted by Crippen LogP contribution is -2.34. The Hall–Kier alpha value is -1.45. The molecule has 0 saturated carbocycles. The Morgan fingerprint density at radius 3 is 2.28 bits per heavy atom. The van der Waals surface area contributed by atoms with E-state index in [0.717, 1.165) is 17.7 Å². The molecule has 0 fully saturated rings. The van der Waals surface area contributed by atoms with Crippen molar-refractivity contribution in [1.29, 1.82) is 0 Å². The number of benzene rings is 2. The van der Waals surface area contributed by atoms with Gasteiger partial charge in [-0.3, -0.25) is 0 Å². The highest BCUT2D eigenvalue weighted by Crippen LogP contribution is 2.29. The Morgan fingerprint density at radius 1 is 1.00 bits per heavy atom. The highest BCUT2D eigenvalue weighted by atomic mass is 35.5. The molecule has 4 heteroatoms. The second-order valence-electron chi connectivity index (χ2n) is 4.34. The zero-order chi connectivity index (χ0) is 13.3. The van der Waals surface area contributed by atoms with Crippen LogP contribution in [0, 0.1) is 11.6 Å². The summed E-state index contributed by atoms with van der Waals surface area (Å²) in [6, 6.07) is 10.7. The van der Waals surface area contributed by atoms with Crippen LogP contribution in [0.3, 0.4) is 0 Å². The van der Waals surface area contributed by atoms with Gasteiger partial charge < -0.3 is 5.73 Å². The molecule has 0 aliphatic rings. The molecule has 0 aliphatic carbocycles. The van der Waals surface area contributed by atoms with Gasteiger partial charge >= 0.3 is 0 Å². The molecule has 1 atom stereocenters. The van der Waals surface area contributed by atoms with Gasteiger partial charge in [0.15, 0.2) is 11.6 Å². The number of hydrogen-bond donors (Lipinski definition) is 1. The van der Waals surface area contributed by atoms with Gasteiger partial charge in [-0.15, -0.1) is 0 Å². The van der Waals surface area contributed by atoms with Gasteiger partial charge in [0.25, 0.3) is 0 Å². The maximum absolute atomic E-state index is 13.2. The van der Waals surface area contributed by atoms with Crippen molar-refractivity contribution < 1.29 is 8.78 Å². The van der Waals surface area contributed by atoms with E-state index >= 15 is 0 Å². The van der Waals surface area contributed by atoms with Crippen LogP contribution in [-0.4, -0.2) is 0 Å². The first kappa shape index (κ1) is 13.0. The molecule has 2 rings (SSSR count). The molecule has 0 amide bonds. The SMILES string of the molecule is CC(N)(c1cccc(Cl)c1)c1ccc(F)c(F)c1. The quantitative estimate of drug-likeness (QED) is 0.879. The van der Waals surface area contributed by atoms with E-state index in [1.54, 1.807) is 31.2 Å². The molecule has 0 aliphatic heterocycles. The van der Waals surface area contributed by atoms with Crippen molar-refractivity contribution in [3.8, 4) is 0 Å². The lowest BCUT2D eigenvalue weighted by molar-refractivity contribution is 0.500. The van der Waals surface area contributed by atoms with Gasteiger partial charge in [0.05, 0.1) is 5.54 Å². The number of nitrogens with two attached hydrogens (primary N) is 1. The van der Waals surface area contributed by atoms with Crippen molar-refractivity contribution in [3.63, 3.8) is 0 Å². The summed E-state index contributed by atoms with van der Waals surface area (Å²) < 4.78 is 26.2. The van der Waals surface area contributed by atoms with Gasteiger partial charge in [0.2, 0.25) is 0 Å². The van der Waals surface area contributed by atoms with Crippen LogP contribution in [-0.2, 0) is 5.54 Å². The number of rotatable bonds is 2. The summed E-state index contributed by atoms with van der Waals surface area (Å²) in [5, 5.41) is 0.548. The topological polar surface area (TPSA) is 26.0 Å². The Balaban J connectivity index is 2.50. The Labute approximate surface area is 109 Å². The fourth-order valence-electron chi connectivity index (χ4n) is 1.80. The Kier molecular flexibility index (Phi) is 3.37. The molecule has 0 heterocycles. The monoisotopic (exact) mass is 267 g/mol. The van der Waals surface area contributed by atoms with E-state index in [-0.39, 0.29) is 0 Å². The van der Waals surface area contributed by atoms with E-state index in [2.05, 4.69) is 0 Å². The predicted octanol–water partition coefficient (Wildman–Crippen LogP) is 3.84. The third-order valence-electron chi connectivity index (χ3n) is 2.94. The van der Waals surface area contributed by atoms with E-state index in [1.807, 2.05) is 0 Å². The van der Waals surface area contributed by atoms with Crippen LogP contribution in [0.1, 0.15) is 18.1 Å². The van der Waals surface area contributed by atoms with E-state index in [9.17, 15) is 8.78 Å². The normalized spacial score (nSPS) is 14.3. The van der Waals surface area contributed by atoms with Crippen molar-refractivity contribution in [1.82, 2.24) is 0 Å². The summed E-state index contributed by atoms with van der Waals surface area (Å²) in [6.45, 7) is 1.73. The van der Waals surface area contributed by atoms with Gasteiger partial charge in [-0.1, -0.05) is 29.8 Å². The minimum absolute atomic E-state index is 0.490. The van der Waals surface area contributed by atoms with Gasteiger partial charge in [-0.2, -0.15) is 0 Å². The van der Waals surface area contributed by atoms with Crippen LogP contribution in [0.5, 0.6) is 0 Å². The molecule has 1 unspecified atom stereocenters. The zero-order valence-electron chi connectivity index (χ0n) is 9.75. The van der Waals surface area contributed by atoms with Gasteiger partial charge in [0.1, 0.15) is 0 Å². The van der Waals surface area contributed by atoms with Crippen LogP contribution in [0.15, 0.2) is 42.5 Å². The van der Waals surface area contributed by atoms with E-state index in [1.165, 1.54) is 6.07 Å². The van der Waals surface area contributed by atoms with Crippen molar-refractivity contribution in [2.45, 2.75) is 12.5 Å². The molecular formula is C14H12ClF2N. The van der Waals surface area contributed by atoms with Crippen molar-refractivity contribution >= 4 is 11.6 Å². The smallest absolute Gasteiger partial charge is 0.159 e. The van der Waals surface area contributed by atoms with Crippen molar-refractivity contribution in [2.24, 2.45) is 5.73 Å². The van der Waals surface area contributed by atoms with E-state index in [4.69, 9.17) is 17.3 Å². The maximum atomic E-state index is 13.2. The third-order valence-corrected chi connectivity index (χ3v) is 3.18. The Morgan fingerprint density at radius 2 is 1.67 bits per heavy atom. The fourth-order valence-corrected chi connectivity index (χ4v) is 1.99. The fraction of sp³-hybridized carbons (Fsp3) is 0.143. The largest absolute Gasteiger partial charge is 0.318 e. The maximum Gasteiger partial charge on any atom is 0.159 e. The summed E-state index contributed by atoms with van der Waals surface area (Å²) in [7, 11) is 0. The van der Waals surface area contributed by atoms with E-state index < -0.39 is 17.2 Å². The summed E-state index contributed by atoms with van der Waals surface area (Å²) in [4.78, 5) is 0. The molecule has 0 saturated heterocycles. The molecule has 0 aromatic heterocycles. The van der Waals surface area contributed by atoms with Crippen molar-refractivity contribution in [2.75, 3.05) is 0 Å².